The van der Waals surface area contributed by atoms with E-state index in [-0.39, 0.29) is 6.04 Å². The Morgan fingerprint density at radius 2 is 2.05 bits per heavy atom. The number of rotatable bonds is 3. The van der Waals surface area contributed by atoms with Crippen LogP contribution in [-0.4, -0.2) is 14.9 Å². The lowest BCUT2D eigenvalue weighted by Crippen LogP contribution is -2.43. The van der Waals surface area contributed by atoms with Gasteiger partial charge in [-0.05, 0) is 54.5 Å². The average molecular weight is 329 g/mol. The maximum absolute atomic E-state index is 11.4. The van der Waals surface area contributed by atoms with Crippen molar-refractivity contribution in [3.05, 3.63) is 16.4 Å². The predicted octanol–water partition coefficient (Wildman–Crippen LogP) is 4.26. The molecule has 1 heterocycles. The fraction of sp³-hybridized carbons (Fsp3) is 0.800. The van der Waals surface area contributed by atoms with Crippen molar-refractivity contribution in [3.63, 3.8) is 0 Å². The first-order chi connectivity index (χ1) is 8.88. The van der Waals surface area contributed by atoms with Crippen LogP contribution in [0, 0.1) is 11.8 Å². The van der Waals surface area contributed by atoms with Gasteiger partial charge in [0.1, 0.15) is 5.60 Å². The maximum atomic E-state index is 11.4. The molecule has 1 saturated carbocycles. The van der Waals surface area contributed by atoms with E-state index in [0.29, 0.717) is 11.8 Å². The zero-order valence-corrected chi connectivity index (χ0v) is 13.9. The van der Waals surface area contributed by atoms with Gasteiger partial charge in [0.15, 0.2) is 0 Å². The molecule has 108 valence electrons. The summed E-state index contributed by atoms with van der Waals surface area (Å²) in [6.45, 7) is 8.65. The smallest absolute Gasteiger partial charge is 0.110 e. The zero-order chi connectivity index (χ0) is 14.2. The van der Waals surface area contributed by atoms with Gasteiger partial charge in [-0.2, -0.15) is 5.10 Å². The quantitative estimate of drug-likeness (QED) is 0.900. The summed E-state index contributed by atoms with van der Waals surface area (Å²) in [4.78, 5) is 0. The minimum absolute atomic E-state index is 0.264. The second-order valence-corrected chi connectivity index (χ2v) is 7.25. The highest BCUT2D eigenvalue weighted by Gasteiger charge is 2.45. The van der Waals surface area contributed by atoms with Crippen molar-refractivity contribution in [3.8, 4) is 0 Å². The van der Waals surface area contributed by atoms with Gasteiger partial charge in [0.2, 0.25) is 0 Å². The molecule has 0 amide bonds. The molecule has 0 aromatic carbocycles. The molecule has 0 spiro atoms. The van der Waals surface area contributed by atoms with Gasteiger partial charge in [0.05, 0.1) is 16.4 Å². The van der Waals surface area contributed by atoms with Gasteiger partial charge in [-0.15, -0.1) is 0 Å². The normalized spacial score (nSPS) is 28.3. The molecular weight excluding hydrogens is 304 g/mol. The SMILES string of the molecule is CC(C)C1CCCCC1(O)c1c(Br)cnn1C(C)C. The van der Waals surface area contributed by atoms with Gasteiger partial charge in [0, 0.05) is 6.04 Å². The molecule has 2 atom stereocenters. The van der Waals surface area contributed by atoms with Crippen LogP contribution in [0.2, 0.25) is 0 Å². The molecule has 1 aliphatic rings. The summed E-state index contributed by atoms with van der Waals surface area (Å²) in [6, 6.07) is 0.264. The minimum atomic E-state index is -0.744. The lowest BCUT2D eigenvalue weighted by molar-refractivity contribution is -0.0796. The van der Waals surface area contributed by atoms with Crippen LogP contribution < -0.4 is 0 Å². The van der Waals surface area contributed by atoms with Crippen LogP contribution in [0.4, 0.5) is 0 Å². The molecule has 1 fully saturated rings. The van der Waals surface area contributed by atoms with E-state index in [1.807, 2.05) is 10.9 Å². The Hall–Kier alpha value is -0.350. The van der Waals surface area contributed by atoms with Crippen molar-refractivity contribution in [2.24, 2.45) is 11.8 Å². The summed E-state index contributed by atoms with van der Waals surface area (Å²) in [7, 11) is 0. The van der Waals surface area contributed by atoms with Crippen molar-refractivity contribution in [2.45, 2.75) is 65.0 Å². The summed E-state index contributed by atoms with van der Waals surface area (Å²) in [5.74, 6) is 0.791. The van der Waals surface area contributed by atoms with Gasteiger partial charge >= 0.3 is 0 Å². The van der Waals surface area contributed by atoms with E-state index in [1.54, 1.807) is 0 Å². The first-order valence-corrected chi connectivity index (χ1v) is 8.13. The highest BCUT2D eigenvalue weighted by molar-refractivity contribution is 9.10. The molecule has 3 nitrogen and oxygen atoms in total. The highest BCUT2D eigenvalue weighted by Crippen LogP contribution is 2.47. The average Bonchev–Trinajstić information content (AvgIpc) is 2.72. The van der Waals surface area contributed by atoms with E-state index in [1.165, 1.54) is 6.42 Å². The van der Waals surface area contributed by atoms with Crippen LogP contribution in [0.3, 0.4) is 0 Å². The molecule has 0 aliphatic heterocycles. The van der Waals surface area contributed by atoms with Crippen LogP contribution in [0.1, 0.15) is 65.1 Å². The molecular formula is C15H25BrN2O. The first-order valence-electron chi connectivity index (χ1n) is 7.33. The number of hydrogen-bond donors (Lipinski definition) is 1. The standard InChI is InChI=1S/C15H25BrN2O/c1-10(2)12-7-5-6-8-15(12,19)14-13(16)9-17-18(14)11(3)4/h9-12,19H,5-8H2,1-4H3. The number of halogens is 1. The van der Waals surface area contributed by atoms with Crippen molar-refractivity contribution in [1.29, 1.82) is 0 Å². The zero-order valence-electron chi connectivity index (χ0n) is 12.4. The van der Waals surface area contributed by atoms with Crippen molar-refractivity contribution in [2.75, 3.05) is 0 Å². The summed E-state index contributed by atoms with van der Waals surface area (Å²) in [5.41, 5.74) is 0.229. The second kappa shape index (κ2) is 5.57. The summed E-state index contributed by atoms with van der Waals surface area (Å²) in [6.07, 6.45) is 6.07. The van der Waals surface area contributed by atoms with Crippen LogP contribution >= 0.6 is 15.9 Å². The molecule has 4 heteroatoms. The molecule has 0 bridgehead atoms. The first kappa shape index (κ1) is 15.0. The summed E-state index contributed by atoms with van der Waals surface area (Å²) in [5, 5.41) is 15.8. The maximum Gasteiger partial charge on any atom is 0.110 e. The molecule has 1 aromatic rings. The molecule has 1 N–H and O–H groups in total. The molecule has 0 radical (unpaired) electrons. The van der Waals surface area contributed by atoms with Crippen molar-refractivity contribution in [1.82, 2.24) is 9.78 Å². The Morgan fingerprint density at radius 1 is 1.37 bits per heavy atom. The molecule has 1 aliphatic carbocycles. The number of aromatic nitrogens is 2. The Kier molecular flexibility index (Phi) is 4.41. The number of aliphatic hydroxyl groups is 1. The van der Waals surface area contributed by atoms with Gasteiger partial charge in [-0.3, -0.25) is 4.68 Å². The Bertz CT molecular complexity index is 441. The van der Waals surface area contributed by atoms with Crippen LogP contribution in [0.25, 0.3) is 0 Å². The second-order valence-electron chi connectivity index (χ2n) is 6.40. The van der Waals surface area contributed by atoms with Gasteiger partial charge in [0.25, 0.3) is 0 Å². The molecule has 0 saturated heterocycles. The molecule has 2 unspecified atom stereocenters. The third kappa shape index (κ3) is 2.62. The van der Waals surface area contributed by atoms with E-state index in [0.717, 1.165) is 29.4 Å². The molecule has 1 aromatic heterocycles. The van der Waals surface area contributed by atoms with E-state index >= 15 is 0 Å². The Labute approximate surface area is 124 Å². The van der Waals surface area contributed by atoms with Gasteiger partial charge in [-0.1, -0.05) is 26.7 Å². The van der Waals surface area contributed by atoms with Crippen LogP contribution in [-0.2, 0) is 5.60 Å². The highest BCUT2D eigenvalue weighted by atomic mass is 79.9. The monoisotopic (exact) mass is 328 g/mol. The molecule has 19 heavy (non-hydrogen) atoms. The largest absolute Gasteiger partial charge is 0.383 e. The number of hydrogen-bond acceptors (Lipinski definition) is 2. The third-order valence-electron chi connectivity index (χ3n) is 4.39. The van der Waals surface area contributed by atoms with E-state index < -0.39 is 5.60 Å². The van der Waals surface area contributed by atoms with E-state index in [9.17, 15) is 5.11 Å². The van der Waals surface area contributed by atoms with Gasteiger partial charge in [-0.25, -0.2) is 0 Å². The van der Waals surface area contributed by atoms with Crippen molar-refractivity contribution >= 4 is 15.9 Å². The number of nitrogens with zero attached hydrogens (tertiary/aromatic N) is 2. The Morgan fingerprint density at radius 3 is 2.63 bits per heavy atom. The Balaban J connectivity index is 2.50. The topological polar surface area (TPSA) is 38.1 Å². The van der Waals surface area contributed by atoms with E-state index in [2.05, 4.69) is 48.7 Å². The fourth-order valence-electron chi connectivity index (χ4n) is 3.50. The van der Waals surface area contributed by atoms with Crippen LogP contribution in [0.5, 0.6) is 0 Å². The van der Waals surface area contributed by atoms with Crippen molar-refractivity contribution < 1.29 is 5.11 Å². The summed E-state index contributed by atoms with van der Waals surface area (Å²) >= 11 is 3.59. The lowest BCUT2D eigenvalue weighted by atomic mass is 9.68. The lowest BCUT2D eigenvalue weighted by Gasteiger charge is -2.43. The molecule has 2 rings (SSSR count). The fourth-order valence-corrected chi connectivity index (χ4v) is 4.12. The van der Waals surface area contributed by atoms with E-state index in [4.69, 9.17) is 0 Å². The minimum Gasteiger partial charge on any atom is -0.383 e. The summed E-state index contributed by atoms with van der Waals surface area (Å²) < 4.78 is 2.92. The predicted molar refractivity (Wildman–Crippen MR) is 81.0 cm³/mol. The van der Waals surface area contributed by atoms with Crippen LogP contribution in [0.15, 0.2) is 10.7 Å². The van der Waals surface area contributed by atoms with Gasteiger partial charge < -0.3 is 5.11 Å². The third-order valence-corrected chi connectivity index (χ3v) is 4.97.